The standard InChI is InChI=1S/C30H36ClF2N3O4/c1-28(2,3)39-22(37)10-16-13-30(16)8-9-36(15-30)26-18(31)14-34-20-11-17-21(35(7)27(38)40-29(4,5)6)12-19(32)25(33)23(17)24(20)26/h12,14,16H,8-11,13,15H2,1-7H3/t16-,30-/m0/s1. The van der Waals surface area contributed by atoms with Crippen LogP contribution in [0.15, 0.2) is 12.3 Å². The van der Waals surface area contributed by atoms with Crippen LogP contribution in [-0.2, 0) is 20.7 Å². The van der Waals surface area contributed by atoms with Crippen LogP contribution in [0.5, 0.6) is 0 Å². The number of rotatable bonds is 4. The van der Waals surface area contributed by atoms with Crippen LogP contribution in [0.2, 0.25) is 5.02 Å². The van der Waals surface area contributed by atoms with Crippen molar-refractivity contribution in [3.05, 3.63) is 40.2 Å². The zero-order valence-electron chi connectivity index (χ0n) is 24.1. The summed E-state index contributed by atoms with van der Waals surface area (Å²) in [7, 11) is 1.48. The SMILES string of the molecule is CN(C(=O)OC(C)(C)C)c1cc(F)c(F)c2c1Cc1ncc(Cl)c(N3CC[C@]4(C[C@@H]4CC(=O)OC(C)(C)C)C3)c1-2. The lowest BCUT2D eigenvalue weighted by Crippen LogP contribution is -2.34. The summed E-state index contributed by atoms with van der Waals surface area (Å²) >= 11 is 6.70. The molecule has 2 aromatic rings. The van der Waals surface area contributed by atoms with Gasteiger partial charge in [-0.25, -0.2) is 13.6 Å². The first kappa shape index (κ1) is 28.6. The maximum absolute atomic E-state index is 15.6. The third kappa shape index (κ3) is 5.24. The predicted molar refractivity (Wildman–Crippen MR) is 150 cm³/mol. The van der Waals surface area contributed by atoms with Crippen molar-refractivity contribution < 1.29 is 27.8 Å². The Balaban J connectivity index is 1.46. The van der Waals surface area contributed by atoms with Gasteiger partial charge in [-0.15, -0.1) is 0 Å². The van der Waals surface area contributed by atoms with Gasteiger partial charge in [-0.1, -0.05) is 11.6 Å². The smallest absolute Gasteiger partial charge is 0.414 e. The molecule has 10 heteroatoms. The molecule has 3 aliphatic rings. The van der Waals surface area contributed by atoms with Crippen LogP contribution >= 0.6 is 11.6 Å². The third-order valence-corrected chi connectivity index (χ3v) is 8.18. The first-order valence-corrected chi connectivity index (χ1v) is 14.0. The number of benzene rings is 1. The van der Waals surface area contributed by atoms with Crippen molar-refractivity contribution in [2.24, 2.45) is 11.3 Å². The normalized spacial score (nSPS) is 21.4. The molecule has 7 nitrogen and oxygen atoms in total. The minimum atomic E-state index is -1.07. The summed E-state index contributed by atoms with van der Waals surface area (Å²) in [5.74, 6) is -2.07. The van der Waals surface area contributed by atoms with Crippen molar-refractivity contribution >= 4 is 35.0 Å². The molecule has 2 fully saturated rings. The summed E-state index contributed by atoms with van der Waals surface area (Å²) in [6.07, 6.45) is 3.21. The second kappa shape index (κ2) is 9.57. The molecule has 0 unspecified atom stereocenters. The van der Waals surface area contributed by atoms with Crippen molar-refractivity contribution in [1.82, 2.24) is 4.98 Å². The maximum atomic E-state index is 15.6. The van der Waals surface area contributed by atoms with Gasteiger partial charge in [0.1, 0.15) is 11.2 Å². The molecule has 0 N–H and O–H groups in total. The molecule has 0 radical (unpaired) electrons. The van der Waals surface area contributed by atoms with Crippen LogP contribution in [0.25, 0.3) is 11.1 Å². The van der Waals surface area contributed by atoms with Crippen molar-refractivity contribution in [3.63, 3.8) is 0 Å². The summed E-state index contributed by atoms with van der Waals surface area (Å²) < 4.78 is 41.6. The lowest BCUT2D eigenvalue weighted by molar-refractivity contribution is -0.155. The van der Waals surface area contributed by atoms with E-state index in [1.165, 1.54) is 11.9 Å². The number of carbonyl (C=O) groups is 2. The number of amides is 1. The van der Waals surface area contributed by atoms with E-state index >= 15 is 8.78 Å². The van der Waals surface area contributed by atoms with Gasteiger partial charge in [-0.2, -0.15) is 0 Å². The number of esters is 1. The third-order valence-electron chi connectivity index (χ3n) is 7.91. The fourth-order valence-corrected chi connectivity index (χ4v) is 6.36. The lowest BCUT2D eigenvalue weighted by atomic mass is 10.0. The highest BCUT2D eigenvalue weighted by Gasteiger charge is 2.58. The fraction of sp³-hybridized carbons (Fsp3) is 0.567. The Labute approximate surface area is 238 Å². The van der Waals surface area contributed by atoms with E-state index in [-0.39, 0.29) is 35.0 Å². The minimum Gasteiger partial charge on any atom is -0.460 e. The van der Waals surface area contributed by atoms with Crippen molar-refractivity contribution in [3.8, 4) is 11.1 Å². The molecule has 1 aliphatic heterocycles. The Kier molecular flexibility index (Phi) is 6.84. The zero-order valence-corrected chi connectivity index (χ0v) is 24.8. The highest BCUT2D eigenvalue weighted by molar-refractivity contribution is 6.34. The highest BCUT2D eigenvalue weighted by atomic mass is 35.5. The van der Waals surface area contributed by atoms with Crippen LogP contribution in [0.1, 0.15) is 72.1 Å². The lowest BCUT2D eigenvalue weighted by Gasteiger charge is -2.26. The molecule has 2 heterocycles. The van der Waals surface area contributed by atoms with Gasteiger partial charge in [0, 0.05) is 56.4 Å². The number of anilines is 2. The van der Waals surface area contributed by atoms with E-state index in [4.69, 9.17) is 21.1 Å². The van der Waals surface area contributed by atoms with Gasteiger partial charge in [0.25, 0.3) is 0 Å². The Morgan fingerprint density at radius 2 is 1.82 bits per heavy atom. The minimum absolute atomic E-state index is 0.0413. The van der Waals surface area contributed by atoms with Crippen molar-refractivity contribution in [2.45, 2.75) is 78.4 Å². The number of aromatic nitrogens is 1. The number of halogens is 3. The van der Waals surface area contributed by atoms with E-state index in [1.54, 1.807) is 27.0 Å². The van der Waals surface area contributed by atoms with E-state index < -0.39 is 28.9 Å². The topological polar surface area (TPSA) is 72.0 Å². The first-order valence-electron chi connectivity index (χ1n) is 13.6. The Morgan fingerprint density at radius 1 is 1.15 bits per heavy atom. The number of hydrogen-bond acceptors (Lipinski definition) is 6. The average Bonchev–Trinajstić information content (AvgIpc) is 3.13. The second-order valence-electron chi connectivity index (χ2n) is 13.3. The molecule has 0 bridgehead atoms. The second-order valence-corrected chi connectivity index (χ2v) is 13.7. The van der Waals surface area contributed by atoms with Gasteiger partial charge in [-0.3, -0.25) is 14.7 Å². The molecule has 2 atom stereocenters. The molecule has 40 heavy (non-hydrogen) atoms. The van der Waals surface area contributed by atoms with Crippen LogP contribution in [0, 0.1) is 23.0 Å². The number of fused-ring (bicyclic) bond motifs is 3. The molecule has 5 rings (SSSR count). The van der Waals surface area contributed by atoms with Gasteiger partial charge in [0.05, 0.1) is 22.1 Å². The van der Waals surface area contributed by atoms with Crippen molar-refractivity contribution in [1.29, 1.82) is 0 Å². The molecule has 1 saturated carbocycles. The largest absolute Gasteiger partial charge is 0.460 e. The Morgan fingerprint density at radius 3 is 2.48 bits per heavy atom. The van der Waals surface area contributed by atoms with Crippen LogP contribution in [-0.4, -0.2) is 48.4 Å². The monoisotopic (exact) mass is 575 g/mol. The van der Waals surface area contributed by atoms with Crippen LogP contribution in [0.3, 0.4) is 0 Å². The quantitative estimate of drug-likeness (QED) is 0.315. The number of carbonyl (C=O) groups excluding carboxylic acids is 2. The van der Waals surface area contributed by atoms with Crippen LogP contribution < -0.4 is 9.80 Å². The average molecular weight is 576 g/mol. The molecule has 1 saturated heterocycles. The van der Waals surface area contributed by atoms with Gasteiger partial charge in [-0.05, 0) is 71.3 Å². The summed E-state index contributed by atoms with van der Waals surface area (Å²) in [6.45, 7) is 12.1. The van der Waals surface area contributed by atoms with E-state index in [9.17, 15) is 9.59 Å². The summed E-state index contributed by atoms with van der Waals surface area (Å²) in [4.78, 5) is 33.1. The molecule has 1 aromatic heterocycles. The molecule has 2 aliphatic carbocycles. The molecular formula is C30H36ClF2N3O4. The number of nitrogens with zero attached hydrogens (tertiary/aromatic N) is 3. The molecule has 1 amide bonds. The van der Waals surface area contributed by atoms with E-state index in [0.717, 1.165) is 18.9 Å². The number of pyridine rings is 1. The Bertz CT molecular complexity index is 1400. The zero-order chi connectivity index (χ0) is 29.4. The molecular weight excluding hydrogens is 540 g/mol. The molecule has 1 aromatic carbocycles. The van der Waals surface area contributed by atoms with Crippen LogP contribution in [0.4, 0.5) is 25.0 Å². The number of hydrogen-bond donors (Lipinski definition) is 0. The van der Waals surface area contributed by atoms with E-state index in [2.05, 4.69) is 9.88 Å². The summed E-state index contributed by atoms with van der Waals surface area (Å²) in [5.41, 5.74) is 1.07. The van der Waals surface area contributed by atoms with Gasteiger partial charge >= 0.3 is 12.1 Å². The summed E-state index contributed by atoms with van der Waals surface area (Å²) in [6, 6.07) is 1.03. The fourth-order valence-electron chi connectivity index (χ4n) is 6.10. The van der Waals surface area contributed by atoms with Gasteiger partial charge in [0.2, 0.25) is 0 Å². The maximum Gasteiger partial charge on any atom is 0.414 e. The molecule has 216 valence electrons. The Hall–Kier alpha value is -2.94. The highest BCUT2D eigenvalue weighted by Crippen LogP contribution is 2.62. The predicted octanol–water partition coefficient (Wildman–Crippen LogP) is 6.90. The van der Waals surface area contributed by atoms with E-state index in [0.29, 0.717) is 47.0 Å². The first-order chi connectivity index (χ1) is 18.5. The van der Waals surface area contributed by atoms with Crippen molar-refractivity contribution in [2.75, 3.05) is 29.9 Å². The van der Waals surface area contributed by atoms with Gasteiger partial charge in [0.15, 0.2) is 11.6 Å². The van der Waals surface area contributed by atoms with E-state index in [1.807, 2.05) is 20.8 Å². The molecule has 1 spiro atoms. The van der Waals surface area contributed by atoms with Gasteiger partial charge < -0.3 is 14.4 Å². The summed E-state index contributed by atoms with van der Waals surface area (Å²) in [5, 5.41) is 0.346. The number of ether oxygens (including phenoxy) is 2.